The van der Waals surface area contributed by atoms with Crippen molar-refractivity contribution in [2.75, 3.05) is 0 Å². The third-order valence-electron chi connectivity index (χ3n) is 3.60. The monoisotopic (exact) mass is 250 g/mol. The molecule has 1 saturated carbocycles. The van der Waals surface area contributed by atoms with E-state index in [0.29, 0.717) is 0 Å². The fraction of sp³-hybridized carbons (Fsp3) is 0.643. The van der Waals surface area contributed by atoms with E-state index in [0.717, 1.165) is 31.4 Å². The molecule has 1 aliphatic rings. The molecule has 2 rings (SSSR count). The summed E-state index contributed by atoms with van der Waals surface area (Å²) in [7, 11) is 0. The molecule has 1 aromatic rings. The molecule has 0 radical (unpaired) electrons. The van der Waals surface area contributed by atoms with E-state index in [-0.39, 0.29) is 24.1 Å². The van der Waals surface area contributed by atoms with Crippen LogP contribution in [0.5, 0.6) is 0 Å². The van der Waals surface area contributed by atoms with Gasteiger partial charge in [0, 0.05) is 18.3 Å². The maximum atomic E-state index is 12.2. The first kappa shape index (κ1) is 13.1. The van der Waals surface area contributed by atoms with Gasteiger partial charge < -0.3 is 15.0 Å². The Kier molecular flexibility index (Phi) is 4.07. The summed E-state index contributed by atoms with van der Waals surface area (Å²) in [5.74, 6) is -0.00455. The summed E-state index contributed by atoms with van der Waals surface area (Å²) in [4.78, 5) is 12.2. The molecule has 0 unspecified atom stereocenters. The highest BCUT2D eigenvalue weighted by molar-refractivity contribution is 5.93. The summed E-state index contributed by atoms with van der Waals surface area (Å²) in [6.45, 7) is 4.13. The molecule has 2 N–H and O–H groups in total. The molecule has 0 aromatic carbocycles. The van der Waals surface area contributed by atoms with Gasteiger partial charge in [-0.05, 0) is 51.7 Å². The van der Waals surface area contributed by atoms with Gasteiger partial charge in [-0.15, -0.1) is 0 Å². The van der Waals surface area contributed by atoms with E-state index in [4.69, 9.17) is 0 Å². The molecule has 1 fully saturated rings. The van der Waals surface area contributed by atoms with Gasteiger partial charge in [0.1, 0.15) is 5.69 Å². The van der Waals surface area contributed by atoms with Gasteiger partial charge in [0.2, 0.25) is 0 Å². The Labute approximate surface area is 108 Å². The average molecular weight is 250 g/mol. The minimum Gasteiger partial charge on any atom is -0.393 e. The van der Waals surface area contributed by atoms with Crippen LogP contribution < -0.4 is 5.32 Å². The van der Waals surface area contributed by atoms with Gasteiger partial charge in [0.15, 0.2) is 0 Å². The molecule has 18 heavy (non-hydrogen) atoms. The van der Waals surface area contributed by atoms with Crippen LogP contribution in [0.1, 0.15) is 56.1 Å². The minimum atomic E-state index is -0.183. The van der Waals surface area contributed by atoms with Crippen LogP contribution in [-0.2, 0) is 0 Å². The highest BCUT2D eigenvalue weighted by Gasteiger charge is 2.22. The number of aliphatic hydroxyl groups excluding tert-OH is 1. The predicted molar refractivity (Wildman–Crippen MR) is 70.5 cm³/mol. The second-order valence-corrected chi connectivity index (χ2v) is 5.37. The molecule has 4 nitrogen and oxygen atoms in total. The molecule has 1 aromatic heterocycles. The summed E-state index contributed by atoms with van der Waals surface area (Å²) in [6.07, 6.45) is 5.07. The van der Waals surface area contributed by atoms with Crippen LogP contribution in [0, 0.1) is 0 Å². The van der Waals surface area contributed by atoms with Gasteiger partial charge in [-0.1, -0.05) is 0 Å². The Bertz CT molecular complexity index is 404. The number of hydrogen-bond acceptors (Lipinski definition) is 2. The number of nitrogens with zero attached hydrogens (tertiary/aromatic N) is 1. The fourth-order valence-corrected chi connectivity index (χ4v) is 2.52. The van der Waals surface area contributed by atoms with Gasteiger partial charge in [0.25, 0.3) is 5.91 Å². The van der Waals surface area contributed by atoms with Crippen molar-refractivity contribution in [3.05, 3.63) is 24.0 Å². The normalized spacial score (nSPS) is 24.2. The number of amides is 1. The Morgan fingerprint density at radius 1 is 1.39 bits per heavy atom. The van der Waals surface area contributed by atoms with Crippen LogP contribution in [0.2, 0.25) is 0 Å². The van der Waals surface area contributed by atoms with Crippen molar-refractivity contribution in [3.8, 4) is 0 Å². The molecule has 100 valence electrons. The molecule has 4 heteroatoms. The molecule has 0 aliphatic heterocycles. The van der Waals surface area contributed by atoms with E-state index in [9.17, 15) is 9.90 Å². The third kappa shape index (κ3) is 2.93. The van der Waals surface area contributed by atoms with Crippen molar-refractivity contribution in [3.63, 3.8) is 0 Å². The lowest BCUT2D eigenvalue weighted by molar-refractivity contribution is 0.0858. The SMILES string of the molecule is CC(C)n1cccc1C(=O)NC1CCC(O)CC1. The highest BCUT2D eigenvalue weighted by atomic mass is 16.3. The molecule has 1 amide bonds. The molecular formula is C14H22N2O2. The average Bonchev–Trinajstić information content (AvgIpc) is 2.81. The summed E-state index contributed by atoms with van der Waals surface area (Å²) >= 11 is 0. The second kappa shape index (κ2) is 5.57. The largest absolute Gasteiger partial charge is 0.393 e. The summed E-state index contributed by atoms with van der Waals surface area (Å²) in [5, 5.41) is 12.5. The number of aromatic nitrogens is 1. The first-order chi connectivity index (χ1) is 8.58. The number of rotatable bonds is 3. The number of hydrogen-bond donors (Lipinski definition) is 2. The number of aliphatic hydroxyl groups is 1. The summed E-state index contributed by atoms with van der Waals surface area (Å²) in [6, 6.07) is 4.25. The van der Waals surface area contributed by atoms with Crippen molar-refractivity contribution >= 4 is 5.91 Å². The quantitative estimate of drug-likeness (QED) is 0.863. The first-order valence-electron chi connectivity index (χ1n) is 6.73. The van der Waals surface area contributed by atoms with E-state index in [2.05, 4.69) is 19.2 Å². The molecule has 1 aliphatic carbocycles. The molecule has 0 atom stereocenters. The van der Waals surface area contributed by atoms with Gasteiger partial charge in [-0.2, -0.15) is 0 Å². The zero-order valence-electron chi connectivity index (χ0n) is 11.1. The molecular weight excluding hydrogens is 228 g/mol. The standard InChI is InChI=1S/C14H22N2O2/c1-10(2)16-9-3-4-13(16)14(18)15-11-5-7-12(17)8-6-11/h3-4,9-12,17H,5-8H2,1-2H3,(H,15,18). The van der Waals surface area contributed by atoms with Crippen molar-refractivity contribution in [1.82, 2.24) is 9.88 Å². The lowest BCUT2D eigenvalue weighted by atomic mass is 9.93. The predicted octanol–water partition coefficient (Wildman–Crippen LogP) is 2.10. The van der Waals surface area contributed by atoms with E-state index in [1.165, 1.54) is 0 Å². The van der Waals surface area contributed by atoms with Crippen LogP contribution >= 0.6 is 0 Å². The van der Waals surface area contributed by atoms with Crippen LogP contribution in [0.3, 0.4) is 0 Å². The van der Waals surface area contributed by atoms with E-state index < -0.39 is 0 Å². The van der Waals surface area contributed by atoms with Crippen LogP contribution in [0.4, 0.5) is 0 Å². The Morgan fingerprint density at radius 3 is 2.67 bits per heavy atom. The van der Waals surface area contributed by atoms with Crippen molar-refractivity contribution in [1.29, 1.82) is 0 Å². The van der Waals surface area contributed by atoms with Crippen molar-refractivity contribution < 1.29 is 9.90 Å². The van der Waals surface area contributed by atoms with Crippen LogP contribution in [-0.4, -0.2) is 27.7 Å². The number of carbonyl (C=O) groups excluding carboxylic acids is 1. The fourth-order valence-electron chi connectivity index (χ4n) is 2.52. The van der Waals surface area contributed by atoms with E-state index in [1.54, 1.807) is 0 Å². The highest BCUT2D eigenvalue weighted by Crippen LogP contribution is 2.19. The van der Waals surface area contributed by atoms with Gasteiger partial charge in [-0.25, -0.2) is 0 Å². The smallest absolute Gasteiger partial charge is 0.268 e. The van der Waals surface area contributed by atoms with Gasteiger partial charge >= 0.3 is 0 Å². The third-order valence-corrected chi connectivity index (χ3v) is 3.60. The van der Waals surface area contributed by atoms with E-state index >= 15 is 0 Å². The van der Waals surface area contributed by atoms with Crippen molar-refractivity contribution in [2.24, 2.45) is 0 Å². The second-order valence-electron chi connectivity index (χ2n) is 5.37. The number of nitrogens with one attached hydrogen (secondary N) is 1. The summed E-state index contributed by atoms with van der Waals surface area (Å²) in [5.41, 5.74) is 0.719. The first-order valence-corrected chi connectivity index (χ1v) is 6.73. The lowest BCUT2D eigenvalue weighted by Gasteiger charge is -2.26. The zero-order valence-corrected chi connectivity index (χ0v) is 11.1. The Morgan fingerprint density at radius 2 is 2.06 bits per heavy atom. The zero-order chi connectivity index (χ0) is 13.1. The number of carbonyl (C=O) groups is 1. The maximum absolute atomic E-state index is 12.2. The Hall–Kier alpha value is -1.29. The Balaban J connectivity index is 1.97. The van der Waals surface area contributed by atoms with Crippen LogP contribution in [0.15, 0.2) is 18.3 Å². The maximum Gasteiger partial charge on any atom is 0.268 e. The molecule has 0 saturated heterocycles. The van der Waals surface area contributed by atoms with Gasteiger partial charge in [0.05, 0.1) is 6.10 Å². The lowest BCUT2D eigenvalue weighted by Crippen LogP contribution is -2.39. The molecule has 0 bridgehead atoms. The topological polar surface area (TPSA) is 54.3 Å². The van der Waals surface area contributed by atoms with E-state index in [1.807, 2.05) is 22.9 Å². The minimum absolute atomic E-state index is 0.00455. The molecule has 0 spiro atoms. The van der Waals surface area contributed by atoms with Crippen LogP contribution in [0.25, 0.3) is 0 Å². The summed E-state index contributed by atoms with van der Waals surface area (Å²) < 4.78 is 1.98. The van der Waals surface area contributed by atoms with Crippen molar-refractivity contribution in [2.45, 2.75) is 57.7 Å². The van der Waals surface area contributed by atoms with Gasteiger partial charge in [-0.3, -0.25) is 4.79 Å². The molecule has 1 heterocycles.